The van der Waals surface area contributed by atoms with Gasteiger partial charge in [0, 0.05) is 4.88 Å². The van der Waals surface area contributed by atoms with E-state index in [2.05, 4.69) is 10.3 Å². The van der Waals surface area contributed by atoms with Gasteiger partial charge >= 0.3 is 0 Å². The second-order valence-corrected chi connectivity index (χ2v) is 9.19. The van der Waals surface area contributed by atoms with E-state index in [1.807, 2.05) is 72.1 Å². The van der Waals surface area contributed by atoms with E-state index in [0.717, 1.165) is 21.8 Å². The minimum atomic E-state index is -0.184. The molecular weight excluding hydrogens is 454 g/mol. The monoisotopic (exact) mass is 477 g/mol. The van der Waals surface area contributed by atoms with Crippen LogP contribution in [0, 0.1) is 0 Å². The van der Waals surface area contributed by atoms with Crippen molar-refractivity contribution in [2.75, 3.05) is 12.9 Å². The third-order valence-electron chi connectivity index (χ3n) is 4.89. The van der Waals surface area contributed by atoms with Gasteiger partial charge in [0.2, 0.25) is 5.91 Å². The molecule has 2 amide bonds. The third kappa shape index (κ3) is 6.12. The maximum atomic E-state index is 13.2. The van der Waals surface area contributed by atoms with E-state index in [1.54, 1.807) is 29.4 Å². The molecule has 0 radical (unpaired) electrons. The Bertz CT molecular complexity index is 1160. The van der Waals surface area contributed by atoms with E-state index in [-0.39, 0.29) is 17.6 Å². The molecule has 1 aliphatic heterocycles. The zero-order chi connectivity index (χ0) is 23.0. The highest BCUT2D eigenvalue weighted by Gasteiger charge is 2.31. The van der Waals surface area contributed by atoms with Crippen LogP contribution in [-0.2, 0) is 22.7 Å². The van der Waals surface area contributed by atoms with Crippen molar-refractivity contribution in [3.05, 3.63) is 93.8 Å². The Morgan fingerprint density at radius 1 is 1.12 bits per heavy atom. The van der Waals surface area contributed by atoms with E-state index < -0.39 is 0 Å². The number of nitrogens with zero attached hydrogens (tertiary/aromatic N) is 2. The molecule has 0 fully saturated rings. The fraction of sp³-hybridized carbons (Fsp3) is 0.160. The SMILES string of the molecule is COc1ccc(/C=C2\N=C(SCC(=O)NCc3cccs3)N(Cc3ccccc3)C2=O)cc1. The Balaban J connectivity index is 1.48. The molecule has 4 rings (SSSR count). The summed E-state index contributed by atoms with van der Waals surface area (Å²) in [7, 11) is 1.61. The number of amides is 2. The fourth-order valence-electron chi connectivity index (χ4n) is 3.18. The van der Waals surface area contributed by atoms with Crippen LogP contribution in [0.3, 0.4) is 0 Å². The van der Waals surface area contributed by atoms with Gasteiger partial charge in [0.15, 0.2) is 5.17 Å². The number of amidine groups is 1. The molecule has 0 saturated heterocycles. The van der Waals surface area contributed by atoms with Crippen molar-refractivity contribution in [3.63, 3.8) is 0 Å². The molecule has 8 heteroatoms. The summed E-state index contributed by atoms with van der Waals surface area (Å²) in [5, 5.41) is 5.41. The number of carbonyl (C=O) groups excluding carboxylic acids is 2. The summed E-state index contributed by atoms with van der Waals surface area (Å²) in [6, 6.07) is 21.1. The maximum Gasteiger partial charge on any atom is 0.278 e. The second kappa shape index (κ2) is 11.0. The van der Waals surface area contributed by atoms with Crippen molar-refractivity contribution < 1.29 is 14.3 Å². The molecule has 1 aliphatic rings. The molecule has 0 saturated carbocycles. The Morgan fingerprint density at radius 3 is 2.61 bits per heavy atom. The largest absolute Gasteiger partial charge is 0.497 e. The van der Waals surface area contributed by atoms with Crippen molar-refractivity contribution in [2.24, 2.45) is 4.99 Å². The highest BCUT2D eigenvalue weighted by atomic mass is 32.2. The number of aliphatic imine (C=N–C) groups is 1. The standard InChI is InChI=1S/C25H23N3O3S2/c1-31-20-11-9-18(10-12-20)14-22-24(30)28(16-19-6-3-2-4-7-19)25(27-22)33-17-23(29)26-15-21-8-5-13-32-21/h2-14H,15-17H2,1H3,(H,26,29)/b22-14-. The summed E-state index contributed by atoms with van der Waals surface area (Å²) in [5.74, 6) is 0.638. The van der Waals surface area contributed by atoms with Gasteiger partial charge in [-0.25, -0.2) is 4.99 Å². The lowest BCUT2D eigenvalue weighted by Gasteiger charge is -2.17. The predicted molar refractivity (Wildman–Crippen MR) is 134 cm³/mol. The number of hydrogen-bond donors (Lipinski definition) is 1. The summed E-state index contributed by atoms with van der Waals surface area (Å²) >= 11 is 2.87. The van der Waals surface area contributed by atoms with Gasteiger partial charge in [-0.15, -0.1) is 11.3 Å². The Labute approximate surface area is 201 Å². The molecule has 0 spiro atoms. The normalized spacial score (nSPS) is 14.5. The zero-order valence-corrected chi connectivity index (χ0v) is 19.7. The number of hydrogen-bond acceptors (Lipinski definition) is 6. The van der Waals surface area contributed by atoms with Gasteiger partial charge in [0.25, 0.3) is 5.91 Å². The van der Waals surface area contributed by atoms with Gasteiger partial charge < -0.3 is 10.1 Å². The minimum Gasteiger partial charge on any atom is -0.497 e. The highest BCUT2D eigenvalue weighted by molar-refractivity contribution is 8.14. The molecule has 0 atom stereocenters. The summed E-state index contributed by atoms with van der Waals surface area (Å²) < 4.78 is 5.19. The van der Waals surface area contributed by atoms with Crippen LogP contribution in [-0.4, -0.2) is 34.7 Å². The van der Waals surface area contributed by atoms with Gasteiger partial charge in [-0.05, 0) is 40.8 Å². The number of methoxy groups -OCH3 is 1. The molecule has 6 nitrogen and oxygen atoms in total. The number of rotatable bonds is 8. The van der Waals surface area contributed by atoms with Crippen molar-refractivity contribution in [1.29, 1.82) is 0 Å². The number of nitrogens with one attached hydrogen (secondary N) is 1. The molecule has 1 N–H and O–H groups in total. The lowest BCUT2D eigenvalue weighted by molar-refractivity contribution is -0.123. The lowest BCUT2D eigenvalue weighted by atomic mass is 10.1. The molecular formula is C25H23N3O3S2. The second-order valence-electron chi connectivity index (χ2n) is 7.22. The van der Waals surface area contributed by atoms with Crippen LogP contribution in [0.1, 0.15) is 16.0 Å². The van der Waals surface area contributed by atoms with Crippen LogP contribution in [0.25, 0.3) is 6.08 Å². The predicted octanol–water partition coefficient (Wildman–Crippen LogP) is 4.55. The van der Waals surface area contributed by atoms with Crippen LogP contribution in [0.5, 0.6) is 5.75 Å². The first-order valence-electron chi connectivity index (χ1n) is 10.3. The number of thioether (sulfide) groups is 1. The van der Waals surface area contributed by atoms with E-state index in [9.17, 15) is 9.59 Å². The van der Waals surface area contributed by atoms with Crippen molar-refractivity contribution >= 4 is 46.2 Å². The average molecular weight is 478 g/mol. The molecule has 0 unspecified atom stereocenters. The molecule has 2 aromatic carbocycles. The van der Waals surface area contributed by atoms with E-state index in [0.29, 0.717) is 24.0 Å². The molecule has 0 aliphatic carbocycles. The first-order chi connectivity index (χ1) is 16.1. The van der Waals surface area contributed by atoms with Crippen molar-refractivity contribution in [1.82, 2.24) is 10.2 Å². The molecule has 0 bridgehead atoms. The van der Waals surface area contributed by atoms with Gasteiger partial charge in [0.05, 0.1) is 26.0 Å². The van der Waals surface area contributed by atoms with E-state index in [4.69, 9.17) is 4.74 Å². The number of benzene rings is 2. The third-order valence-corrected chi connectivity index (χ3v) is 6.74. The topological polar surface area (TPSA) is 71.0 Å². The van der Waals surface area contributed by atoms with Crippen molar-refractivity contribution in [2.45, 2.75) is 13.1 Å². The van der Waals surface area contributed by atoms with E-state index >= 15 is 0 Å². The summed E-state index contributed by atoms with van der Waals surface area (Å²) in [6.45, 7) is 0.890. The summed E-state index contributed by atoms with van der Waals surface area (Å²) in [6.07, 6.45) is 1.75. The van der Waals surface area contributed by atoms with Crippen LogP contribution in [0.4, 0.5) is 0 Å². The van der Waals surface area contributed by atoms with Gasteiger partial charge in [0.1, 0.15) is 11.4 Å². The number of carbonyl (C=O) groups is 2. The van der Waals surface area contributed by atoms with E-state index in [1.165, 1.54) is 11.8 Å². The van der Waals surface area contributed by atoms with Gasteiger partial charge in [-0.1, -0.05) is 60.3 Å². The molecule has 2 heterocycles. The zero-order valence-electron chi connectivity index (χ0n) is 18.1. The maximum absolute atomic E-state index is 13.2. The molecule has 3 aromatic rings. The van der Waals surface area contributed by atoms with Crippen LogP contribution < -0.4 is 10.1 Å². The van der Waals surface area contributed by atoms with Gasteiger partial charge in [-0.2, -0.15) is 0 Å². The number of thiophene rings is 1. The highest BCUT2D eigenvalue weighted by Crippen LogP contribution is 2.26. The number of ether oxygens (including phenoxy) is 1. The first kappa shape index (κ1) is 22.8. The lowest BCUT2D eigenvalue weighted by Crippen LogP contribution is -2.31. The summed E-state index contributed by atoms with van der Waals surface area (Å²) in [4.78, 5) is 32.8. The minimum absolute atomic E-state index is 0.101. The van der Waals surface area contributed by atoms with Gasteiger partial charge in [-0.3, -0.25) is 14.5 Å². The molecule has 1 aromatic heterocycles. The quantitative estimate of drug-likeness (QED) is 0.484. The first-order valence-corrected chi connectivity index (χ1v) is 12.2. The smallest absolute Gasteiger partial charge is 0.278 e. The summed E-state index contributed by atoms with van der Waals surface area (Å²) in [5.41, 5.74) is 2.19. The average Bonchev–Trinajstić information content (AvgIpc) is 3.47. The Morgan fingerprint density at radius 2 is 1.91 bits per heavy atom. The van der Waals surface area contributed by atoms with Crippen LogP contribution in [0.15, 0.2) is 82.8 Å². The Hall–Kier alpha value is -3.36. The molecule has 33 heavy (non-hydrogen) atoms. The van der Waals surface area contributed by atoms with Crippen molar-refractivity contribution in [3.8, 4) is 5.75 Å². The fourth-order valence-corrected chi connectivity index (χ4v) is 4.66. The van der Waals surface area contributed by atoms with Crippen LogP contribution >= 0.6 is 23.1 Å². The Kier molecular flexibility index (Phi) is 7.59. The molecule has 168 valence electrons. The van der Waals surface area contributed by atoms with Crippen LogP contribution in [0.2, 0.25) is 0 Å².